The van der Waals surface area contributed by atoms with E-state index < -0.39 is 46.9 Å². The summed E-state index contributed by atoms with van der Waals surface area (Å²) in [7, 11) is 0. The topological polar surface area (TPSA) is 215 Å². The number of carbonyl (C=O) groups excluding carboxylic acids is 8. The minimum atomic E-state index is -1.20. The van der Waals surface area contributed by atoms with Gasteiger partial charge in [0.05, 0.1) is 12.5 Å². The third kappa shape index (κ3) is 34.6. The number of carbonyl (C=O) groups is 8. The zero-order chi connectivity index (χ0) is 57.9. The van der Waals surface area contributed by atoms with Crippen LogP contribution in [0.3, 0.4) is 0 Å². The Bertz CT molecular complexity index is 1970. The lowest BCUT2D eigenvalue weighted by atomic mass is 9.73. The molecule has 0 heterocycles. The van der Waals surface area contributed by atoms with Crippen molar-refractivity contribution >= 4 is 69.8 Å². The summed E-state index contributed by atoms with van der Waals surface area (Å²) in [6.07, 6.45) is 9.55. The van der Waals surface area contributed by atoms with Gasteiger partial charge in [-0.3, -0.25) is 28.8 Å². The van der Waals surface area contributed by atoms with Crippen LogP contribution in [0.15, 0.2) is 24.3 Å². The summed E-state index contributed by atoms with van der Waals surface area (Å²) >= 11 is 2.21. The summed E-state index contributed by atoms with van der Waals surface area (Å²) in [5.74, 6) is -3.23. The summed E-state index contributed by atoms with van der Waals surface area (Å²) in [6, 6.07) is 6.34. The number of benzene rings is 1. The quantitative estimate of drug-likeness (QED) is 0.0190. The van der Waals surface area contributed by atoms with E-state index in [1.54, 1.807) is 41.5 Å². The van der Waals surface area contributed by atoms with Crippen LogP contribution in [0.1, 0.15) is 225 Å². The molecule has 76 heavy (non-hydrogen) atoms. The van der Waals surface area contributed by atoms with Gasteiger partial charge in [-0.15, -0.1) is 0 Å². The molecule has 0 saturated carbocycles. The third-order valence-corrected chi connectivity index (χ3v) is 13.9. The number of amides is 5. The summed E-state index contributed by atoms with van der Waals surface area (Å²) in [5, 5.41) is 14.7. The first-order valence-electron chi connectivity index (χ1n) is 28.2. The number of alkyl carbamates (subject to hydrolysis) is 1. The van der Waals surface area contributed by atoms with Crippen molar-refractivity contribution in [3.8, 4) is 0 Å². The molecular weight excluding hydrogens is 1080 g/mol. The van der Waals surface area contributed by atoms with Gasteiger partial charge in [-0.2, -0.15) is 0 Å². The van der Waals surface area contributed by atoms with Crippen LogP contribution in [0.2, 0.25) is 0 Å². The molecule has 0 aliphatic carbocycles. The average molecular weight is 1180 g/mol. The smallest absolute Gasteiger partial charge is 0.407 e. The Morgan fingerprint density at radius 2 is 1.07 bits per heavy atom. The highest BCUT2D eigenvalue weighted by Gasteiger charge is 2.34. The van der Waals surface area contributed by atoms with Crippen molar-refractivity contribution in [2.24, 2.45) is 28.1 Å². The SMILES string of the molecule is CC(C)(C)CC[C@H](CC(=O)N[C@@H](CCC(=O)NCCCCCCCC(=O)C[C@@H](CCCCNC(=O)OC(C)(C)C)C(=O)N[C@@H](CCCCNC(=O)Cc1ccc(I)cc1)C(=O)C(=O)OC(C)(C)C)C(C)(C)C)C(C)(C)C. The van der Waals surface area contributed by atoms with Crippen molar-refractivity contribution in [2.75, 3.05) is 19.6 Å². The maximum Gasteiger partial charge on any atom is 0.407 e. The van der Waals surface area contributed by atoms with Crippen molar-refractivity contribution in [3.63, 3.8) is 0 Å². The van der Waals surface area contributed by atoms with Gasteiger partial charge in [0, 0.05) is 60.8 Å². The van der Waals surface area contributed by atoms with Crippen LogP contribution >= 0.6 is 22.6 Å². The number of Topliss-reactive ketones (excluding diaryl/α,β-unsaturated/α-hetero) is 2. The van der Waals surface area contributed by atoms with Gasteiger partial charge in [0.2, 0.25) is 23.6 Å². The molecule has 5 amide bonds. The van der Waals surface area contributed by atoms with Crippen LogP contribution in [0.5, 0.6) is 0 Å². The Labute approximate surface area is 472 Å². The van der Waals surface area contributed by atoms with Crippen LogP contribution in [0, 0.1) is 31.7 Å². The van der Waals surface area contributed by atoms with Gasteiger partial charge in [0.1, 0.15) is 17.0 Å². The molecule has 1 rings (SSSR count). The first-order chi connectivity index (χ1) is 35.0. The van der Waals surface area contributed by atoms with Crippen LogP contribution in [-0.2, 0) is 49.5 Å². The first kappa shape index (κ1) is 69.9. The second kappa shape index (κ2) is 34.0. The van der Waals surface area contributed by atoms with E-state index in [9.17, 15) is 38.4 Å². The fraction of sp³-hybridized carbons (Fsp3) is 0.767. The molecular formula is C60H102IN5O10. The number of ketones is 2. The zero-order valence-corrected chi connectivity index (χ0v) is 51.8. The van der Waals surface area contributed by atoms with Crippen molar-refractivity contribution in [1.82, 2.24) is 26.6 Å². The van der Waals surface area contributed by atoms with E-state index in [1.807, 2.05) is 24.3 Å². The van der Waals surface area contributed by atoms with Crippen LogP contribution in [0.25, 0.3) is 0 Å². The predicted octanol–water partition coefficient (Wildman–Crippen LogP) is 11.4. The van der Waals surface area contributed by atoms with E-state index in [2.05, 4.69) is 111 Å². The molecule has 15 nitrogen and oxygen atoms in total. The maximum absolute atomic E-state index is 14.0. The first-order valence-corrected chi connectivity index (χ1v) is 29.3. The predicted molar refractivity (Wildman–Crippen MR) is 311 cm³/mol. The second-order valence-electron chi connectivity index (χ2n) is 26.2. The lowest BCUT2D eigenvalue weighted by Gasteiger charge is -2.35. The number of esters is 1. The summed E-state index contributed by atoms with van der Waals surface area (Å²) in [5.41, 5.74) is -0.723. The molecule has 434 valence electrons. The van der Waals surface area contributed by atoms with Gasteiger partial charge in [-0.05, 0) is 168 Å². The number of unbranched alkanes of at least 4 members (excludes halogenated alkanes) is 6. The Morgan fingerprint density at radius 3 is 1.63 bits per heavy atom. The number of rotatable bonds is 34. The maximum atomic E-state index is 14.0. The highest BCUT2D eigenvalue weighted by Crippen LogP contribution is 2.36. The molecule has 0 fully saturated rings. The van der Waals surface area contributed by atoms with Crippen molar-refractivity contribution in [3.05, 3.63) is 33.4 Å². The Hall–Kier alpha value is -4.09. The normalized spacial score (nSPS) is 13.8. The molecule has 16 heteroatoms. The number of hydrogen-bond donors (Lipinski definition) is 5. The van der Waals surface area contributed by atoms with Gasteiger partial charge < -0.3 is 36.1 Å². The average Bonchev–Trinajstić information content (AvgIpc) is 3.27. The number of nitrogens with one attached hydrogen (secondary N) is 5. The standard InChI is InChI=1S/C60H102IN5O10/c1-56(2,3)35-34-44(57(4,5)6)41-51(70)66-48(58(7,8)9)32-33-49(68)62-36-22-18-16-17-19-26-46(67)40-43(25-20-23-38-64-55(74)76-60(13,14)15)53(72)65-47(52(71)54(73)75-59(10,11)12)27-21-24-37-63-50(69)39-42-28-30-45(61)31-29-42/h28-31,43-44,47-48H,16-27,32-41H2,1-15H3,(H,62,68)(H,63,69)(H,64,74)(H,65,72)(H,66,70)/t43-,44-,47+,48+/m1/s1. The van der Waals surface area contributed by atoms with Crippen LogP contribution in [0.4, 0.5) is 4.79 Å². The molecule has 1 aromatic rings. The van der Waals surface area contributed by atoms with Gasteiger partial charge >= 0.3 is 12.1 Å². The van der Waals surface area contributed by atoms with Gasteiger partial charge in [-0.25, -0.2) is 9.59 Å². The van der Waals surface area contributed by atoms with E-state index in [0.29, 0.717) is 77.4 Å². The minimum absolute atomic E-state index is 0.00393. The number of hydrogen-bond acceptors (Lipinski definition) is 10. The van der Waals surface area contributed by atoms with Crippen LogP contribution in [-0.4, -0.2) is 90.2 Å². The van der Waals surface area contributed by atoms with E-state index in [0.717, 1.165) is 47.7 Å². The molecule has 0 aliphatic rings. The van der Waals surface area contributed by atoms with Crippen LogP contribution < -0.4 is 26.6 Å². The van der Waals surface area contributed by atoms with E-state index in [1.165, 1.54) is 0 Å². The molecule has 5 N–H and O–H groups in total. The lowest BCUT2D eigenvalue weighted by molar-refractivity contribution is -0.163. The van der Waals surface area contributed by atoms with Gasteiger partial charge in [0.25, 0.3) is 5.78 Å². The van der Waals surface area contributed by atoms with Gasteiger partial charge in [0.15, 0.2) is 0 Å². The molecule has 0 aromatic heterocycles. The number of ether oxygens (including phenoxy) is 2. The molecule has 0 radical (unpaired) electrons. The molecule has 0 saturated heterocycles. The monoisotopic (exact) mass is 1180 g/mol. The Morgan fingerprint density at radius 1 is 0.526 bits per heavy atom. The fourth-order valence-electron chi connectivity index (χ4n) is 8.52. The Kier molecular flexibility index (Phi) is 31.3. The molecule has 0 aliphatic heterocycles. The molecule has 0 bridgehead atoms. The van der Waals surface area contributed by atoms with E-state index >= 15 is 0 Å². The van der Waals surface area contributed by atoms with Gasteiger partial charge in [-0.1, -0.05) is 100 Å². The second-order valence-corrected chi connectivity index (χ2v) is 27.4. The molecule has 4 atom stereocenters. The highest BCUT2D eigenvalue weighted by molar-refractivity contribution is 14.1. The highest BCUT2D eigenvalue weighted by atomic mass is 127. The molecule has 0 spiro atoms. The largest absolute Gasteiger partial charge is 0.454 e. The Balaban J connectivity index is 2.82. The molecule has 0 unspecified atom stereocenters. The third-order valence-electron chi connectivity index (χ3n) is 13.1. The van der Waals surface area contributed by atoms with Crippen molar-refractivity contribution < 1.29 is 47.8 Å². The fourth-order valence-corrected chi connectivity index (χ4v) is 8.88. The summed E-state index contributed by atoms with van der Waals surface area (Å²) < 4.78 is 11.8. The zero-order valence-electron chi connectivity index (χ0n) is 49.6. The van der Waals surface area contributed by atoms with E-state index in [-0.39, 0.29) is 77.4 Å². The lowest BCUT2D eigenvalue weighted by Crippen LogP contribution is -2.48. The molecule has 1 aromatic carbocycles. The van der Waals surface area contributed by atoms with Crippen molar-refractivity contribution in [2.45, 2.75) is 249 Å². The minimum Gasteiger partial charge on any atom is -0.454 e. The number of halogens is 1. The van der Waals surface area contributed by atoms with Crippen molar-refractivity contribution in [1.29, 1.82) is 0 Å². The summed E-state index contributed by atoms with van der Waals surface area (Å²) in [4.78, 5) is 105. The summed E-state index contributed by atoms with van der Waals surface area (Å²) in [6.45, 7) is 31.0. The van der Waals surface area contributed by atoms with E-state index in [4.69, 9.17) is 9.47 Å².